The maximum Gasteiger partial charge on any atom is 0.339 e. The lowest BCUT2D eigenvalue weighted by atomic mass is 10.2. The smallest absolute Gasteiger partial charge is 0.339 e. The third kappa shape index (κ3) is 3.71. The van der Waals surface area contributed by atoms with Crippen molar-refractivity contribution in [3.8, 4) is 0 Å². The maximum absolute atomic E-state index is 11.3. The SMILES string of the molecule is COC(=O)c1ccc(CNc2ccc(Br)c(Cl)c2)nc1. The van der Waals surface area contributed by atoms with E-state index in [0.717, 1.165) is 15.9 Å². The minimum absolute atomic E-state index is 0.392. The molecule has 0 saturated carbocycles. The van der Waals surface area contributed by atoms with E-state index in [4.69, 9.17) is 11.6 Å². The molecule has 1 aromatic carbocycles. The van der Waals surface area contributed by atoms with Gasteiger partial charge in [0.25, 0.3) is 0 Å². The van der Waals surface area contributed by atoms with Gasteiger partial charge in [0.05, 0.1) is 29.9 Å². The zero-order chi connectivity index (χ0) is 14.5. The summed E-state index contributed by atoms with van der Waals surface area (Å²) in [6.45, 7) is 0.541. The van der Waals surface area contributed by atoms with Crippen LogP contribution in [0.1, 0.15) is 16.1 Å². The van der Waals surface area contributed by atoms with Gasteiger partial charge in [-0.15, -0.1) is 0 Å². The third-order valence-corrected chi connectivity index (χ3v) is 3.87. The quantitative estimate of drug-likeness (QED) is 0.845. The number of anilines is 1. The molecule has 0 bridgehead atoms. The molecule has 0 radical (unpaired) electrons. The Balaban J connectivity index is 2.00. The van der Waals surface area contributed by atoms with E-state index in [2.05, 4.69) is 31.0 Å². The van der Waals surface area contributed by atoms with Crippen LogP contribution in [0.25, 0.3) is 0 Å². The van der Waals surface area contributed by atoms with Gasteiger partial charge in [0.15, 0.2) is 0 Å². The molecule has 1 heterocycles. The first-order valence-electron chi connectivity index (χ1n) is 5.82. The van der Waals surface area contributed by atoms with Crippen LogP contribution < -0.4 is 5.32 Å². The first-order valence-corrected chi connectivity index (χ1v) is 6.99. The Morgan fingerprint density at radius 1 is 1.40 bits per heavy atom. The molecule has 1 N–H and O–H groups in total. The fourth-order valence-electron chi connectivity index (χ4n) is 1.57. The Hall–Kier alpha value is -1.59. The Morgan fingerprint density at radius 2 is 2.20 bits per heavy atom. The number of pyridine rings is 1. The van der Waals surface area contributed by atoms with Gasteiger partial charge in [0, 0.05) is 16.4 Å². The zero-order valence-electron chi connectivity index (χ0n) is 10.7. The van der Waals surface area contributed by atoms with E-state index in [0.29, 0.717) is 17.1 Å². The zero-order valence-corrected chi connectivity index (χ0v) is 13.0. The molecule has 0 fully saturated rings. The van der Waals surface area contributed by atoms with Gasteiger partial charge in [0.1, 0.15) is 0 Å². The average molecular weight is 356 g/mol. The van der Waals surface area contributed by atoms with Gasteiger partial charge in [-0.05, 0) is 46.3 Å². The number of carbonyl (C=O) groups is 1. The summed E-state index contributed by atoms with van der Waals surface area (Å²) < 4.78 is 5.47. The van der Waals surface area contributed by atoms with Gasteiger partial charge in [0.2, 0.25) is 0 Å². The number of aromatic nitrogens is 1. The number of carbonyl (C=O) groups excluding carboxylic acids is 1. The summed E-state index contributed by atoms with van der Waals surface area (Å²) in [5.74, 6) is -0.392. The highest BCUT2D eigenvalue weighted by Gasteiger charge is 2.05. The monoisotopic (exact) mass is 354 g/mol. The number of benzene rings is 1. The summed E-state index contributed by atoms with van der Waals surface area (Å²) in [6.07, 6.45) is 1.50. The molecule has 0 unspecified atom stereocenters. The topological polar surface area (TPSA) is 51.2 Å². The van der Waals surface area contributed by atoms with E-state index in [9.17, 15) is 4.79 Å². The van der Waals surface area contributed by atoms with E-state index >= 15 is 0 Å². The molecule has 0 amide bonds. The number of esters is 1. The molecule has 0 aliphatic carbocycles. The predicted octanol–water partition coefficient (Wildman–Crippen LogP) is 3.90. The summed E-state index contributed by atoms with van der Waals surface area (Å²) >= 11 is 9.35. The second-order valence-electron chi connectivity index (χ2n) is 4.01. The molecular formula is C14H12BrClN2O2. The van der Waals surface area contributed by atoms with Gasteiger partial charge >= 0.3 is 5.97 Å². The second kappa shape index (κ2) is 6.72. The Labute approximate surface area is 130 Å². The standard InChI is InChI=1S/C14H12BrClN2O2/c1-20-14(19)9-2-3-11(17-7-9)8-18-10-4-5-12(15)13(16)6-10/h2-7,18H,8H2,1H3. The molecule has 2 rings (SSSR count). The van der Waals surface area contributed by atoms with E-state index in [-0.39, 0.29) is 0 Å². The third-order valence-electron chi connectivity index (χ3n) is 2.64. The van der Waals surface area contributed by atoms with E-state index in [1.54, 1.807) is 12.1 Å². The van der Waals surface area contributed by atoms with Crippen molar-refractivity contribution in [1.82, 2.24) is 4.98 Å². The molecule has 104 valence electrons. The van der Waals surface area contributed by atoms with Crippen LogP contribution in [0.3, 0.4) is 0 Å². The van der Waals surface area contributed by atoms with Crippen LogP contribution in [0.4, 0.5) is 5.69 Å². The molecule has 0 spiro atoms. The Bertz CT molecular complexity index is 617. The van der Waals surface area contributed by atoms with E-state index < -0.39 is 5.97 Å². The van der Waals surface area contributed by atoms with Crippen LogP contribution in [0.2, 0.25) is 5.02 Å². The number of nitrogens with zero attached hydrogens (tertiary/aromatic N) is 1. The molecule has 0 aliphatic heterocycles. The fraction of sp³-hybridized carbons (Fsp3) is 0.143. The lowest BCUT2D eigenvalue weighted by Crippen LogP contribution is -2.05. The predicted molar refractivity (Wildman–Crippen MR) is 82.1 cm³/mol. The first kappa shape index (κ1) is 14.8. The number of ether oxygens (including phenoxy) is 1. The van der Waals surface area contributed by atoms with Crippen molar-refractivity contribution in [2.75, 3.05) is 12.4 Å². The Morgan fingerprint density at radius 3 is 2.80 bits per heavy atom. The first-order chi connectivity index (χ1) is 9.60. The highest BCUT2D eigenvalue weighted by molar-refractivity contribution is 9.10. The van der Waals surface area contributed by atoms with Crippen molar-refractivity contribution in [2.45, 2.75) is 6.54 Å². The highest BCUT2D eigenvalue weighted by atomic mass is 79.9. The normalized spacial score (nSPS) is 10.2. The number of halogens is 2. The molecule has 0 aliphatic rings. The van der Waals surface area contributed by atoms with Crippen LogP contribution in [0, 0.1) is 0 Å². The number of hydrogen-bond acceptors (Lipinski definition) is 4. The number of nitrogens with one attached hydrogen (secondary N) is 1. The molecule has 0 saturated heterocycles. The minimum atomic E-state index is -0.392. The van der Waals surface area contributed by atoms with Gasteiger partial charge in [-0.1, -0.05) is 11.6 Å². The summed E-state index contributed by atoms with van der Waals surface area (Å²) in [6, 6.07) is 9.08. The van der Waals surface area contributed by atoms with Crippen molar-refractivity contribution in [3.63, 3.8) is 0 Å². The van der Waals surface area contributed by atoms with Gasteiger partial charge in [-0.3, -0.25) is 4.98 Å². The van der Waals surface area contributed by atoms with Crippen molar-refractivity contribution in [3.05, 3.63) is 57.3 Å². The van der Waals surface area contributed by atoms with Crippen molar-refractivity contribution >= 4 is 39.2 Å². The van der Waals surface area contributed by atoms with Crippen LogP contribution in [-0.2, 0) is 11.3 Å². The van der Waals surface area contributed by atoms with Crippen LogP contribution in [0.15, 0.2) is 41.0 Å². The largest absolute Gasteiger partial charge is 0.465 e. The summed E-state index contributed by atoms with van der Waals surface area (Å²) in [5, 5.41) is 3.85. The average Bonchev–Trinajstić information content (AvgIpc) is 2.48. The number of rotatable bonds is 4. The van der Waals surface area contributed by atoms with Crippen molar-refractivity contribution < 1.29 is 9.53 Å². The van der Waals surface area contributed by atoms with Crippen LogP contribution in [0.5, 0.6) is 0 Å². The highest BCUT2D eigenvalue weighted by Crippen LogP contribution is 2.25. The van der Waals surface area contributed by atoms with Crippen molar-refractivity contribution in [2.24, 2.45) is 0 Å². The molecule has 1 aromatic heterocycles. The lowest BCUT2D eigenvalue weighted by molar-refractivity contribution is 0.0600. The number of hydrogen-bond donors (Lipinski definition) is 1. The minimum Gasteiger partial charge on any atom is -0.465 e. The lowest BCUT2D eigenvalue weighted by Gasteiger charge is -2.07. The van der Waals surface area contributed by atoms with Crippen LogP contribution in [-0.4, -0.2) is 18.1 Å². The number of methoxy groups -OCH3 is 1. The molecular weight excluding hydrogens is 344 g/mol. The Kier molecular flexibility index (Phi) is 4.98. The van der Waals surface area contributed by atoms with Gasteiger partial charge in [-0.2, -0.15) is 0 Å². The summed E-state index contributed by atoms with van der Waals surface area (Å²) in [7, 11) is 1.34. The van der Waals surface area contributed by atoms with Crippen LogP contribution >= 0.6 is 27.5 Å². The van der Waals surface area contributed by atoms with Crippen molar-refractivity contribution in [1.29, 1.82) is 0 Å². The molecule has 20 heavy (non-hydrogen) atoms. The molecule has 4 nitrogen and oxygen atoms in total. The summed E-state index contributed by atoms with van der Waals surface area (Å²) in [5.41, 5.74) is 2.15. The second-order valence-corrected chi connectivity index (χ2v) is 5.27. The fourth-order valence-corrected chi connectivity index (χ4v) is 1.99. The van der Waals surface area contributed by atoms with Gasteiger partial charge < -0.3 is 10.1 Å². The molecule has 2 aromatic rings. The van der Waals surface area contributed by atoms with Gasteiger partial charge in [-0.25, -0.2) is 4.79 Å². The maximum atomic E-state index is 11.3. The molecule has 0 atom stereocenters. The summed E-state index contributed by atoms with van der Waals surface area (Å²) in [4.78, 5) is 15.5. The molecule has 6 heteroatoms. The van der Waals surface area contributed by atoms with E-state index in [1.807, 2.05) is 18.2 Å². The van der Waals surface area contributed by atoms with E-state index in [1.165, 1.54) is 13.3 Å².